The van der Waals surface area contributed by atoms with Gasteiger partial charge in [0.2, 0.25) is 5.82 Å². The monoisotopic (exact) mass is 360 g/mol. The maximum absolute atomic E-state index is 13.3. The van der Waals surface area contributed by atoms with Gasteiger partial charge in [-0.1, -0.05) is 47.1 Å². The van der Waals surface area contributed by atoms with Gasteiger partial charge in [-0.25, -0.2) is 4.39 Å². The van der Waals surface area contributed by atoms with Crippen molar-refractivity contribution in [2.75, 3.05) is 0 Å². The van der Waals surface area contributed by atoms with Crippen molar-refractivity contribution in [1.82, 2.24) is 10.1 Å². The highest BCUT2D eigenvalue weighted by Crippen LogP contribution is 2.25. The van der Waals surface area contributed by atoms with Crippen LogP contribution in [0.5, 0.6) is 5.75 Å². The van der Waals surface area contributed by atoms with Crippen molar-refractivity contribution in [2.45, 2.75) is 13.5 Å². The molecule has 0 N–H and O–H groups in total. The Morgan fingerprint density at radius 2 is 1.74 bits per heavy atom. The molecule has 0 bridgehead atoms. The van der Waals surface area contributed by atoms with Crippen LogP contribution in [0.25, 0.3) is 22.8 Å². The minimum absolute atomic E-state index is 0.278. The van der Waals surface area contributed by atoms with Crippen molar-refractivity contribution in [2.24, 2.45) is 0 Å². The lowest BCUT2D eigenvalue weighted by atomic mass is 10.1. The lowest BCUT2D eigenvalue weighted by Crippen LogP contribution is -1.96. The zero-order valence-corrected chi connectivity index (χ0v) is 14.7. The molecule has 0 aliphatic carbocycles. The number of ether oxygens (including phenoxy) is 1. The third kappa shape index (κ3) is 4.03. The van der Waals surface area contributed by atoms with Gasteiger partial charge in [-0.2, -0.15) is 4.98 Å². The lowest BCUT2D eigenvalue weighted by Gasteiger charge is -2.07. The van der Waals surface area contributed by atoms with Gasteiger partial charge in [0.05, 0.1) is 0 Å². The number of benzene rings is 3. The molecule has 0 radical (unpaired) electrons. The molecule has 4 nitrogen and oxygen atoms in total. The van der Waals surface area contributed by atoms with Crippen LogP contribution in [-0.2, 0) is 6.61 Å². The number of halogens is 1. The van der Waals surface area contributed by atoms with Crippen LogP contribution >= 0.6 is 0 Å². The van der Waals surface area contributed by atoms with E-state index >= 15 is 0 Å². The quantitative estimate of drug-likeness (QED) is 0.476. The Balaban J connectivity index is 1.51. The highest BCUT2D eigenvalue weighted by Gasteiger charge is 2.11. The molecule has 0 atom stereocenters. The average Bonchev–Trinajstić information content (AvgIpc) is 3.18. The number of aromatic nitrogens is 2. The SMILES string of the molecule is Cc1ccc(-c2nc(-c3cccc(OCc4cccc(F)c4)c3)no2)cc1. The number of nitrogens with zero attached hydrogens (tertiary/aromatic N) is 2. The summed E-state index contributed by atoms with van der Waals surface area (Å²) < 4.78 is 24.4. The molecule has 0 aliphatic heterocycles. The summed E-state index contributed by atoms with van der Waals surface area (Å²) in [7, 11) is 0. The molecule has 134 valence electrons. The van der Waals surface area contributed by atoms with Crippen LogP contribution < -0.4 is 4.74 Å². The summed E-state index contributed by atoms with van der Waals surface area (Å²) in [6.07, 6.45) is 0. The fourth-order valence-electron chi connectivity index (χ4n) is 2.67. The molecular formula is C22H17FN2O2. The second-order valence-electron chi connectivity index (χ2n) is 6.24. The summed E-state index contributed by atoms with van der Waals surface area (Å²) in [5.74, 6) is 1.33. The Labute approximate surface area is 156 Å². The summed E-state index contributed by atoms with van der Waals surface area (Å²) in [5, 5.41) is 4.06. The van der Waals surface area contributed by atoms with Gasteiger partial charge in [0.1, 0.15) is 18.2 Å². The van der Waals surface area contributed by atoms with Crippen molar-refractivity contribution < 1.29 is 13.7 Å². The van der Waals surface area contributed by atoms with Crippen LogP contribution in [0.4, 0.5) is 4.39 Å². The molecule has 0 amide bonds. The molecule has 27 heavy (non-hydrogen) atoms. The van der Waals surface area contributed by atoms with Crippen LogP contribution in [0.1, 0.15) is 11.1 Å². The highest BCUT2D eigenvalue weighted by atomic mass is 19.1. The fraction of sp³-hybridized carbons (Fsp3) is 0.0909. The maximum atomic E-state index is 13.3. The Morgan fingerprint density at radius 1 is 0.926 bits per heavy atom. The van der Waals surface area contributed by atoms with Crippen LogP contribution in [0.2, 0.25) is 0 Å². The van der Waals surface area contributed by atoms with Crippen molar-refractivity contribution in [1.29, 1.82) is 0 Å². The molecule has 0 saturated carbocycles. The molecule has 5 heteroatoms. The first-order valence-electron chi connectivity index (χ1n) is 8.56. The van der Waals surface area contributed by atoms with E-state index in [4.69, 9.17) is 9.26 Å². The molecule has 4 aromatic rings. The largest absolute Gasteiger partial charge is 0.489 e. The number of hydrogen-bond acceptors (Lipinski definition) is 4. The summed E-state index contributed by atoms with van der Waals surface area (Å²) in [6.45, 7) is 2.31. The van der Waals surface area contributed by atoms with E-state index in [1.54, 1.807) is 6.07 Å². The van der Waals surface area contributed by atoms with E-state index in [0.29, 0.717) is 17.5 Å². The molecule has 0 saturated heterocycles. The smallest absolute Gasteiger partial charge is 0.258 e. The van der Waals surface area contributed by atoms with E-state index in [1.165, 1.54) is 17.7 Å². The Kier molecular flexibility index (Phi) is 4.66. The van der Waals surface area contributed by atoms with Gasteiger partial charge in [-0.05, 0) is 48.9 Å². The molecule has 0 spiro atoms. The number of hydrogen-bond donors (Lipinski definition) is 0. The zero-order valence-electron chi connectivity index (χ0n) is 14.7. The molecule has 0 unspecified atom stereocenters. The number of aryl methyl sites for hydroxylation is 1. The van der Waals surface area contributed by atoms with Crippen LogP contribution in [0.3, 0.4) is 0 Å². The average molecular weight is 360 g/mol. The third-order valence-electron chi connectivity index (χ3n) is 4.11. The van der Waals surface area contributed by atoms with Crippen LogP contribution in [-0.4, -0.2) is 10.1 Å². The normalized spacial score (nSPS) is 10.7. The van der Waals surface area contributed by atoms with Gasteiger partial charge in [-0.15, -0.1) is 0 Å². The maximum Gasteiger partial charge on any atom is 0.258 e. The van der Waals surface area contributed by atoms with Gasteiger partial charge >= 0.3 is 0 Å². The van der Waals surface area contributed by atoms with E-state index in [0.717, 1.165) is 16.7 Å². The molecule has 4 rings (SSSR count). The van der Waals surface area contributed by atoms with E-state index in [9.17, 15) is 4.39 Å². The zero-order chi connectivity index (χ0) is 18.6. The van der Waals surface area contributed by atoms with E-state index in [2.05, 4.69) is 10.1 Å². The van der Waals surface area contributed by atoms with Gasteiger partial charge in [0, 0.05) is 11.1 Å². The Hall–Kier alpha value is -3.47. The van der Waals surface area contributed by atoms with Crippen molar-refractivity contribution in [3.63, 3.8) is 0 Å². The topological polar surface area (TPSA) is 48.2 Å². The van der Waals surface area contributed by atoms with Crippen molar-refractivity contribution in [3.8, 4) is 28.6 Å². The third-order valence-corrected chi connectivity index (χ3v) is 4.11. The van der Waals surface area contributed by atoms with E-state index < -0.39 is 0 Å². The first kappa shape index (κ1) is 17.0. The minimum atomic E-state index is -0.278. The van der Waals surface area contributed by atoms with Gasteiger partial charge in [0.25, 0.3) is 5.89 Å². The first-order valence-corrected chi connectivity index (χ1v) is 8.56. The van der Waals surface area contributed by atoms with Crippen molar-refractivity contribution >= 4 is 0 Å². The molecule has 1 heterocycles. The Morgan fingerprint density at radius 3 is 2.56 bits per heavy atom. The molecule has 1 aromatic heterocycles. The molecule has 3 aromatic carbocycles. The van der Waals surface area contributed by atoms with Gasteiger partial charge in [0.15, 0.2) is 0 Å². The second kappa shape index (κ2) is 7.41. The van der Waals surface area contributed by atoms with Gasteiger partial charge in [-0.3, -0.25) is 0 Å². The predicted molar refractivity (Wildman–Crippen MR) is 101 cm³/mol. The minimum Gasteiger partial charge on any atom is -0.489 e. The fourth-order valence-corrected chi connectivity index (χ4v) is 2.67. The van der Waals surface area contributed by atoms with Crippen LogP contribution in [0, 0.1) is 12.7 Å². The molecule has 0 fully saturated rings. The molecular weight excluding hydrogens is 343 g/mol. The van der Waals surface area contributed by atoms with E-state index in [-0.39, 0.29) is 12.4 Å². The van der Waals surface area contributed by atoms with Crippen LogP contribution in [0.15, 0.2) is 77.3 Å². The number of rotatable bonds is 5. The van der Waals surface area contributed by atoms with Crippen molar-refractivity contribution in [3.05, 3.63) is 89.7 Å². The predicted octanol–water partition coefficient (Wildman–Crippen LogP) is 5.43. The highest BCUT2D eigenvalue weighted by molar-refractivity contribution is 5.61. The lowest BCUT2D eigenvalue weighted by molar-refractivity contribution is 0.305. The standard InChI is InChI=1S/C22H17FN2O2/c1-15-8-10-17(11-9-15)22-24-21(25-27-22)18-5-3-7-20(13-18)26-14-16-4-2-6-19(23)12-16/h2-13H,14H2,1H3. The second-order valence-corrected chi connectivity index (χ2v) is 6.24. The summed E-state index contributed by atoms with van der Waals surface area (Å²) >= 11 is 0. The Bertz CT molecular complexity index is 1060. The summed E-state index contributed by atoms with van der Waals surface area (Å²) in [4.78, 5) is 4.47. The summed E-state index contributed by atoms with van der Waals surface area (Å²) in [5.41, 5.74) is 3.59. The van der Waals surface area contributed by atoms with E-state index in [1.807, 2.05) is 61.5 Å². The molecule has 0 aliphatic rings. The van der Waals surface area contributed by atoms with Gasteiger partial charge < -0.3 is 9.26 Å². The first-order chi connectivity index (χ1) is 13.2. The summed E-state index contributed by atoms with van der Waals surface area (Å²) in [6, 6.07) is 21.7.